The fourth-order valence-electron chi connectivity index (χ4n) is 2.38. The van der Waals surface area contributed by atoms with Crippen molar-refractivity contribution in [2.24, 2.45) is 0 Å². The van der Waals surface area contributed by atoms with E-state index in [2.05, 4.69) is 10.4 Å². The Kier molecular flexibility index (Phi) is 4.81. The Morgan fingerprint density at radius 2 is 1.64 bits per heavy atom. The lowest BCUT2D eigenvalue weighted by molar-refractivity contribution is 0.0950. The van der Waals surface area contributed by atoms with Crippen LogP contribution < -0.4 is 5.32 Å². The molecule has 1 N–H and O–H groups in total. The van der Waals surface area contributed by atoms with Gasteiger partial charge in [0.2, 0.25) is 0 Å². The number of carbonyl (C=O) groups is 1. The lowest BCUT2D eigenvalue weighted by atomic mass is 10.2. The van der Waals surface area contributed by atoms with Crippen LogP contribution >= 0.6 is 11.6 Å². The van der Waals surface area contributed by atoms with Gasteiger partial charge in [-0.3, -0.25) is 4.79 Å². The molecule has 1 heterocycles. The lowest BCUT2D eigenvalue weighted by Gasteiger charge is -2.06. The Labute approximate surface area is 148 Å². The SMILES string of the molecule is Cc1nn(-c2ccc(F)cc2)c(Cl)c1C(=O)NCc1ccc(F)cc1. The van der Waals surface area contributed by atoms with Gasteiger partial charge in [-0.15, -0.1) is 0 Å². The zero-order valence-corrected chi connectivity index (χ0v) is 14.0. The van der Waals surface area contributed by atoms with Gasteiger partial charge in [0.1, 0.15) is 16.8 Å². The molecule has 7 heteroatoms. The third kappa shape index (κ3) is 3.69. The fourth-order valence-corrected chi connectivity index (χ4v) is 2.74. The molecule has 128 valence electrons. The highest BCUT2D eigenvalue weighted by molar-refractivity contribution is 6.33. The van der Waals surface area contributed by atoms with Gasteiger partial charge in [0, 0.05) is 6.54 Å². The summed E-state index contributed by atoms with van der Waals surface area (Å²) in [4.78, 5) is 12.4. The number of amides is 1. The van der Waals surface area contributed by atoms with Crippen molar-refractivity contribution in [3.8, 4) is 5.69 Å². The molecular formula is C18H14ClF2N3O. The topological polar surface area (TPSA) is 46.9 Å². The van der Waals surface area contributed by atoms with Gasteiger partial charge in [-0.1, -0.05) is 23.7 Å². The number of aromatic nitrogens is 2. The van der Waals surface area contributed by atoms with E-state index in [1.807, 2.05) is 0 Å². The number of rotatable bonds is 4. The van der Waals surface area contributed by atoms with E-state index in [9.17, 15) is 13.6 Å². The zero-order valence-electron chi connectivity index (χ0n) is 13.3. The van der Waals surface area contributed by atoms with Crippen LogP contribution in [0.3, 0.4) is 0 Å². The average molecular weight is 362 g/mol. The Balaban J connectivity index is 1.81. The van der Waals surface area contributed by atoms with Crippen LogP contribution in [-0.2, 0) is 6.54 Å². The summed E-state index contributed by atoms with van der Waals surface area (Å²) >= 11 is 6.30. The van der Waals surface area contributed by atoms with Gasteiger partial charge in [0.25, 0.3) is 5.91 Å². The highest BCUT2D eigenvalue weighted by atomic mass is 35.5. The van der Waals surface area contributed by atoms with Gasteiger partial charge >= 0.3 is 0 Å². The summed E-state index contributed by atoms with van der Waals surface area (Å²) in [5, 5.41) is 7.12. The molecule has 0 aliphatic carbocycles. The highest BCUT2D eigenvalue weighted by Crippen LogP contribution is 2.23. The van der Waals surface area contributed by atoms with Gasteiger partial charge < -0.3 is 5.32 Å². The lowest BCUT2D eigenvalue weighted by Crippen LogP contribution is -2.23. The summed E-state index contributed by atoms with van der Waals surface area (Å²) in [7, 11) is 0. The molecule has 3 rings (SSSR count). The Morgan fingerprint density at radius 1 is 1.08 bits per heavy atom. The van der Waals surface area contributed by atoms with E-state index in [0.29, 0.717) is 11.4 Å². The monoisotopic (exact) mass is 361 g/mol. The van der Waals surface area contributed by atoms with Crippen molar-refractivity contribution in [1.29, 1.82) is 0 Å². The van der Waals surface area contributed by atoms with Crippen LogP contribution in [0, 0.1) is 18.6 Å². The second-order valence-corrected chi connectivity index (χ2v) is 5.81. The Hall–Kier alpha value is -2.73. The highest BCUT2D eigenvalue weighted by Gasteiger charge is 2.21. The minimum atomic E-state index is -0.389. The number of hydrogen-bond acceptors (Lipinski definition) is 2. The average Bonchev–Trinajstić information content (AvgIpc) is 2.89. The number of halogens is 3. The second kappa shape index (κ2) is 7.03. The van der Waals surface area contributed by atoms with Crippen LogP contribution in [-0.4, -0.2) is 15.7 Å². The van der Waals surface area contributed by atoms with Gasteiger partial charge in [0.15, 0.2) is 0 Å². The summed E-state index contributed by atoms with van der Waals surface area (Å²) in [6.45, 7) is 1.90. The molecule has 0 saturated carbocycles. The Bertz CT molecular complexity index is 905. The second-order valence-electron chi connectivity index (χ2n) is 5.45. The van der Waals surface area contributed by atoms with Crippen LogP contribution in [0.25, 0.3) is 5.69 Å². The van der Waals surface area contributed by atoms with E-state index >= 15 is 0 Å². The van der Waals surface area contributed by atoms with Crippen LogP contribution in [0.4, 0.5) is 8.78 Å². The number of carbonyl (C=O) groups excluding carboxylic acids is 1. The maximum absolute atomic E-state index is 13.1. The summed E-state index contributed by atoms with van der Waals surface area (Å²) in [5.41, 5.74) is 2.00. The van der Waals surface area contributed by atoms with Gasteiger partial charge in [-0.2, -0.15) is 5.10 Å². The normalized spacial score (nSPS) is 10.7. The van der Waals surface area contributed by atoms with Gasteiger partial charge in [0.05, 0.1) is 16.9 Å². The Morgan fingerprint density at radius 3 is 2.24 bits per heavy atom. The molecule has 0 atom stereocenters. The summed E-state index contributed by atoms with van der Waals surface area (Å²) in [5.74, 6) is -1.10. The molecule has 0 fully saturated rings. The predicted octanol–water partition coefficient (Wildman–Crippen LogP) is 4.04. The third-order valence-corrected chi connectivity index (χ3v) is 4.02. The van der Waals surface area contributed by atoms with Crippen LogP contribution in [0.1, 0.15) is 21.6 Å². The van der Waals surface area contributed by atoms with Crippen LogP contribution in [0.5, 0.6) is 0 Å². The van der Waals surface area contributed by atoms with Gasteiger partial charge in [-0.25, -0.2) is 13.5 Å². The first kappa shape index (κ1) is 17.1. The molecule has 0 radical (unpaired) electrons. The molecule has 0 unspecified atom stereocenters. The molecule has 4 nitrogen and oxygen atoms in total. The molecule has 25 heavy (non-hydrogen) atoms. The number of nitrogens with zero attached hydrogens (tertiary/aromatic N) is 2. The largest absolute Gasteiger partial charge is 0.348 e. The van der Waals surface area contributed by atoms with Crippen LogP contribution in [0.2, 0.25) is 5.15 Å². The minimum Gasteiger partial charge on any atom is -0.348 e. The minimum absolute atomic E-state index is 0.140. The molecule has 0 saturated heterocycles. The quantitative estimate of drug-likeness (QED) is 0.762. The summed E-state index contributed by atoms with van der Waals surface area (Å²) < 4.78 is 27.3. The van der Waals surface area contributed by atoms with Crippen molar-refractivity contribution in [3.05, 3.63) is 82.1 Å². The van der Waals surface area contributed by atoms with Crippen LogP contribution in [0.15, 0.2) is 48.5 Å². The van der Waals surface area contributed by atoms with Crippen molar-refractivity contribution in [1.82, 2.24) is 15.1 Å². The smallest absolute Gasteiger partial charge is 0.256 e. The molecule has 0 aliphatic heterocycles. The first-order valence-corrected chi connectivity index (χ1v) is 7.87. The van der Waals surface area contributed by atoms with Crippen molar-refractivity contribution in [2.75, 3.05) is 0 Å². The molecule has 0 aliphatic rings. The molecule has 0 bridgehead atoms. The van der Waals surface area contributed by atoms with Crippen molar-refractivity contribution < 1.29 is 13.6 Å². The molecule has 3 aromatic rings. The van der Waals surface area contributed by atoms with E-state index in [0.717, 1.165) is 5.56 Å². The van der Waals surface area contributed by atoms with E-state index in [1.54, 1.807) is 19.1 Å². The molecule has 0 spiro atoms. The standard InChI is InChI=1S/C18H14ClF2N3O/c1-11-16(18(25)22-10-12-2-4-13(20)5-3-12)17(19)24(23-11)15-8-6-14(21)7-9-15/h2-9H,10H2,1H3,(H,22,25). The number of benzene rings is 2. The molecular weight excluding hydrogens is 348 g/mol. The first-order valence-electron chi connectivity index (χ1n) is 7.49. The predicted molar refractivity (Wildman–Crippen MR) is 90.8 cm³/mol. The molecule has 2 aromatic carbocycles. The first-order chi connectivity index (χ1) is 12.0. The van der Waals surface area contributed by atoms with E-state index < -0.39 is 0 Å². The number of aryl methyl sites for hydroxylation is 1. The van der Waals surface area contributed by atoms with Crippen molar-refractivity contribution >= 4 is 17.5 Å². The number of nitrogens with one attached hydrogen (secondary N) is 1. The van der Waals surface area contributed by atoms with Crippen molar-refractivity contribution in [3.63, 3.8) is 0 Å². The maximum Gasteiger partial charge on any atom is 0.256 e. The van der Waals surface area contributed by atoms with Crippen molar-refractivity contribution in [2.45, 2.75) is 13.5 Å². The van der Waals surface area contributed by atoms with E-state index in [-0.39, 0.29) is 34.8 Å². The van der Waals surface area contributed by atoms with E-state index in [1.165, 1.54) is 41.1 Å². The molecule has 1 aromatic heterocycles. The third-order valence-electron chi connectivity index (χ3n) is 3.67. The number of hydrogen-bond donors (Lipinski definition) is 1. The van der Waals surface area contributed by atoms with E-state index in [4.69, 9.17) is 11.6 Å². The molecule has 1 amide bonds. The summed E-state index contributed by atoms with van der Waals surface area (Å²) in [6, 6.07) is 11.5. The zero-order chi connectivity index (χ0) is 18.0. The fraction of sp³-hybridized carbons (Fsp3) is 0.111. The maximum atomic E-state index is 13.1. The van der Waals surface area contributed by atoms with Gasteiger partial charge in [-0.05, 0) is 48.9 Å². The summed E-state index contributed by atoms with van der Waals surface area (Å²) in [6.07, 6.45) is 0.